The third-order valence-corrected chi connectivity index (χ3v) is 5.50. The normalized spacial score (nSPS) is 19.2. The average Bonchev–Trinajstić information content (AvgIpc) is 2.75. The number of benzene rings is 1. The Morgan fingerprint density at radius 1 is 1.10 bits per heavy atom. The topological polar surface area (TPSA) is 25.4 Å². The van der Waals surface area contributed by atoms with Gasteiger partial charge >= 0.3 is 6.18 Å². The first-order chi connectivity index (χ1) is 14.9. The number of hydrogen-bond acceptors (Lipinski definition) is 3. The lowest BCUT2D eigenvalue weighted by molar-refractivity contribution is -0.137. The summed E-state index contributed by atoms with van der Waals surface area (Å²) < 4.78 is 57.6. The standard InChI is InChI=1S/C24H22F4N2O/c25-22-6-1-2-13-30(22)20-10-7-17(8-11-20)14-18-4-3-5-21(15-18)31-23-12-9-19(16-29-23)24(26,27)28/h1-6,9,12,14-16,20H,7-8,10-11,13H2. The Morgan fingerprint density at radius 2 is 1.90 bits per heavy atom. The summed E-state index contributed by atoms with van der Waals surface area (Å²) in [6.45, 7) is 0.615. The molecule has 0 radical (unpaired) electrons. The van der Waals surface area contributed by atoms with Crippen LogP contribution in [0.4, 0.5) is 17.6 Å². The number of alkyl halides is 3. The van der Waals surface area contributed by atoms with E-state index in [1.54, 1.807) is 12.1 Å². The van der Waals surface area contributed by atoms with Gasteiger partial charge in [-0.2, -0.15) is 17.6 Å². The second kappa shape index (κ2) is 8.96. The molecule has 0 atom stereocenters. The molecule has 0 bridgehead atoms. The van der Waals surface area contributed by atoms with Crippen molar-refractivity contribution < 1.29 is 22.3 Å². The van der Waals surface area contributed by atoms with Crippen molar-refractivity contribution in [3.63, 3.8) is 0 Å². The van der Waals surface area contributed by atoms with E-state index in [2.05, 4.69) is 11.1 Å². The van der Waals surface area contributed by atoms with Crippen molar-refractivity contribution in [3.8, 4) is 11.6 Å². The van der Waals surface area contributed by atoms with Crippen LogP contribution in [-0.4, -0.2) is 22.5 Å². The summed E-state index contributed by atoms with van der Waals surface area (Å²) in [6, 6.07) is 9.70. The largest absolute Gasteiger partial charge is 0.439 e. The summed E-state index contributed by atoms with van der Waals surface area (Å²) in [5.41, 5.74) is 1.42. The molecule has 2 heterocycles. The molecule has 0 saturated heterocycles. The molecule has 3 nitrogen and oxygen atoms in total. The summed E-state index contributed by atoms with van der Waals surface area (Å²) in [5.74, 6) is 0.438. The van der Waals surface area contributed by atoms with Gasteiger partial charge in [-0.25, -0.2) is 4.98 Å². The van der Waals surface area contributed by atoms with Crippen LogP contribution in [0.25, 0.3) is 6.08 Å². The Hall–Kier alpha value is -3.09. The van der Waals surface area contributed by atoms with Crippen LogP contribution in [0.1, 0.15) is 36.8 Å². The molecule has 1 saturated carbocycles. The van der Waals surface area contributed by atoms with E-state index in [-0.39, 0.29) is 17.9 Å². The lowest BCUT2D eigenvalue weighted by Crippen LogP contribution is -2.36. The first-order valence-corrected chi connectivity index (χ1v) is 10.2. The molecule has 7 heteroatoms. The second-order valence-electron chi connectivity index (χ2n) is 7.66. The van der Waals surface area contributed by atoms with E-state index < -0.39 is 11.7 Å². The highest BCUT2D eigenvalue weighted by Crippen LogP contribution is 2.33. The zero-order chi connectivity index (χ0) is 21.8. The van der Waals surface area contributed by atoms with E-state index in [4.69, 9.17) is 4.74 Å². The fourth-order valence-corrected chi connectivity index (χ4v) is 3.89. The van der Waals surface area contributed by atoms with Gasteiger partial charge in [-0.05, 0) is 55.5 Å². The highest BCUT2D eigenvalue weighted by atomic mass is 19.4. The molecule has 1 aromatic carbocycles. The zero-order valence-corrected chi connectivity index (χ0v) is 16.8. The first-order valence-electron chi connectivity index (χ1n) is 10.2. The smallest absolute Gasteiger partial charge is 0.417 e. The fourth-order valence-electron chi connectivity index (χ4n) is 3.89. The van der Waals surface area contributed by atoms with Gasteiger partial charge in [-0.3, -0.25) is 0 Å². The predicted octanol–water partition coefficient (Wildman–Crippen LogP) is 6.90. The van der Waals surface area contributed by atoms with Gasteiger partial charge in [0.15, 0.2) is 5.95 Å². The fraction of sp³-hybridized carbons (Fsp3) is 0.292. The van der Waals surface area contributed by atoms with Gasteiger partial charge in [0.1, 0.15) is 5.75 Å². The van der Waals surface area contributed by atoms with Crippen LogP contribution in [0.15, 0.2) is 72.3 Å². The number of pyridine rings is 1. The summed E-state index contributed by atoms with van der Waals surface area (Å²) in [5, 5.41) is 0. The monoisotopic (exact) mass is 430 g/mol. The third-order valence-electron chi connectivity index (χ3n) is 5.50. The van der Waals surface area contributed by atoms with Crippen molar-refractivity contribution in [1.82, 2.24) is 9.88 Å². The number of nitrogens with zero attached hydrogens (tertiary/aromatic N) is 2. The zero-order valence-electron chi connectivity index (χ0n) is 16.8. The molecular weight excluding hydrogens is 408 g/mol. The van der Waals surface area contributed by atoms with Crippen molar-refractivity contribution in [2.45, 2.75) is 37.9 Å². The van der Waals surface area contributed by atoms with E-state index in [1.807, 2.05) is 29.2 Å². The van der Waals surface area contributed by atoms with Crippen LogP contribution >= 0.6 is 0 Å². The first kappa shape index (κ1) is 21.2. The van der Waals surface area contributed by atoms with Gasteiger partial charge in [0.05, 0.1) is 5.56 Å². The van der Waals surface area contributed by atoms with Crippen LogP contribution in [-0.2, 0) is 6.18 Å². The predicted molar refractivity (Wildman–Crippen MR) is 111 cm³/mol. The molecule has 4 rings (SSSR count). The van der Waals surface area contributed by atoms with Crippen molar-refractivity contribution in [3.05, 3.63) is 83.5 Å². The van der Waals surface area contributed by atoms with E-state index in [9.17, 15) is 17.6 Å². The minimum atomic E-state index is -4.43. The van der Waals surface area contributed by atoms with Crippen LogP contribution in [0, 0.1) is 0 Å². The van der Waals surface area contributed by atoms with E-state index in [0.29, 0.717) is 12.3 Å². The molecule has 1 aliphatic carbocycles. The molecule has 1 aliphatic heterocycles. The van der Waals surface area contributed by atoms with Gasteiger partial charge in [-0.1, -0.05) is 35.9 Å². The number of ether oxygens (including phenoxy) is 1. The Bertz CT molecular complexity index is 999. The van der Waals surface area contributed by atoms with Crippen molar-refractivity contribution in [1.29, 1.82) is 0 Å². The molecule has 0 unspecified atom stereocenters. The Labute approximate surface area is 178 Å². The van der Waals surface area contributed by atoms with E-state index >= 15 is 0 Å². The van der Waals surface area contributed by atoms with Crippen molar-refractivity contribution in [2.75, 3.05) is 6.54 Å². The van der Waals surface area contributed by atoms with Crippen molar-refractivity contribution >= 4 is 6.08 Å². The molecule has 31 heavy (non-hydrogen) atoms. The average molecular weight is 430 g/mol. The molecule has 2 aromatic rings. The number of hydrogen-bond donors (Lipinski definition) is 0. The van der Waals surface area contributed by atoms with Gasteiger partial charge in [0, 0.05) is 24.8 Å². The Morgan fingerprint density at radius 3 is 2.58 bits per heavy atom. The number of aromatic nitrogens is 1. The molecule has 0 amide bonds. The van der Waals surface area contributed by atoms with Crippen molar-refractivity contribution in [2.24, 2.45) is 0 Å². The van der Waals surface area contributed by atoms with Gasteiger partial charge in [-0.15, -0.1) is 0 Å². The second-order valence-corrected chi connectivity index (χ2v) is 7.66. The number of rotatable bonds is 4. The van der Waals surface area contributed by atoms with Crippen LogP contribution in [0.3, 0.4) is 0 Å². The highest BCUT2D eigenvalue weighted by Gasteiger charge is 2.30. The number of halogens is 4. The minimum absolute atomic E-state index is 0.101. The van der Waals surface area contributed by atoms with E-state index in [0.717, 1.165) is 43.5 Å². The summed E-state index contributed by atoms with van der Waals surface area (Å²) in [4.78, 5) is 5.56. The Balaban J connectivity index is 1.38. The molecular formula is C24H22F4N2O. The maximum absolute atomic E-state index is 14.0. The van der Waals surface area contributed by atoms with E-state index in [1.165, 1.54) is 17.7 Å². The van der Waals surface area contributed by atoms with Crippen LogP contribution < -0.4 is 4.74 Å². The highest BCUT2D eigenvalue weighted by molar-refractivity contribution is 5.55. The summed E-state index contributed by atoms with van der Waals surface area (Å²) in [6.07, 6.45) is 7.23. The van der Waals surface area contributed by atoms with Crippen LogP contribution in [0.5, 0.6) is 11.6 Å². The molecule has 0 N–H and O–H groups in total. The maximum Gasteiger partial charge on any atom is 0.417 e. The quantitative estimate of drug-likeness (QED) is 0.390. The van der Waals surface area contributed by atoms with Crippen LogP contribution in [0.2, 0.25) is 0 Å². The SMILES string of the molecule is FC1=CC=CCN1C1CCC(=Cc2cccc(Oc3ccc(C(F)(F)F)cn3)c2)CC1. The lowest BCUT2D eigenvalue weighted by Gasteiger charge is -2.35. The molecule has 1 fully saturated rings. The molecule has 2 aliphatic rings. The summed E-state index contributed by atoms with van der Waals surface area (Å²) >= 11 is 0. The van der Waals surface area contributed by atoms with Gasteiger partial charge in [0.25, 0.3) is 0 Å². The molecule has 162 valence electrons. The lowest BCUT2D eigenvalue weighted by atomic mass is 9.88. The minimum Gasteiger partial charge on any atom is -0.439 e. The molecule has 0 spiro atoms. The third kappa shape index (κ3) is 5.34. The van der Waals surface area contributed by atoms with Gasteiger partial charge in [0.2, 0.25) is 5.88 Å². The van der Waals surface area contributed by atoms with Gasteiger partial charge < -0.3 is 9.64 Å². The Kier molecular flexibility index (Phi) is 6.11. The molecule has 1 aromatic heterocycles. The number of allylic oxidation sites excluding steroid dienone is 3. The summed E-state index contributed by atoms with van der Waals surface area (Å²) in [7, 11) is 0. The maximum atomic E-state index is 14.0.